The van der Waals surface area contributed by atoms with E-state index in [1.165, 1.54) is 0 Å². The van der Waals surface area contributed by atoms with Crippen LogP contribution in [0.1, 0.15) is 18.9 Å². The summed E-state index contributed by atoms with van der Waals surface area (Å²) in [6.07, 6.45) is -2.39. The van der Waals surface area contributed by atoms with Crippen LogP contribution in [0.5, 0.6) is 0 Å². The van der Waals surface area contributed by atoms with Crippen LogP contribution in [0.2, 0.25) is 0 Å². The molecule has 0 bridgehead atoms. The van der Waals surface area contributed by atoms with Gasteiger partial charge in [0.15, 0.2) is 6.04 Å². The fourth-order valence-electron chi connectivity index (χ4n) is 2.72. The van der Waals surface area contributed by atoms with E-state index in [0.717, 1.165) is 6.92 Å². The van der Waals surface area contributed by atoms with Crippen molar-refractivity contribution in [1.82, 2.24) is 16.0 Å². The maximum absolute atomic E-state index is 12.8. The smallest absolute Gasteiger partial charge is 0.328 e. The third kappa shape index (κ3) is 9.22. The third-order valence-corrected chi connectivity index (χ3v) is 4.51. The van der Waals surface area contributed by atoms with Gasteiger partial charge in [0, 0.05) is 6.42 Å². The fourth-order valence-corrected chi connectivity index (χ4v) is 2.72. The first-order valence-electron chi connectivity index (χ1n) is 9.90. The minimum atomic E-state index is -1.66. The lowest BCUT2D eigenvalue weighted by Crippen LogP contribution is -2.59. The third-order valence-electron chi connectivity index (χ3n) is 4.51. The minimum absolute atomic E-state index is 0.103. The maximum atomic E-state index is 12.8. The molecular weight excluding hydrogens is 440 g/mol. The van der Waals surface area contributed by atoms with E-state index in [1.807, 2.05) is 0 Å². The van der Waals surface area contributed by atoms with Gasteiger partial charge in [0.05, 0.1) is 19.1 Å². The van der Waals surface area contributed by atoms with Crippen molar-refractivity contribution in [2.45, 2.75) is 50.0 Å². The topological polar surface area (TPSA) is 228 Å². The summed E-state index contributed by atoms with van der Waals surface area (Å²) in [4.78, 5) is 59.9. The van der Waals surface area contributed by atoms with Crippen molar-refractivity contribution in [2.75, 3.05) is 6.61 Å². The van der Waals surface area contributed by atoms with Crippen LogP contribution in [-0.2, 0) is 30.4 Å². The molecule has 0 aliphatic heterocycles. The highest BCUT2D eigenvalue weighted by Crippen LogP contribution is 2.06. The Kier molecular flexibility index (Phi) is 10.9. The number of nitrogens with one attached hydrogen (secondary N) is 3. The summed E-state index contributed by atoms with van der Waals surface area (Å²) in [5, 5.41) is 43.4. The summed E-state index contributed by atoms with van der Waals surface area (Å²) < 4.78 is 0. The number of aliphatic carboxylic acids is 2. The summed E-state index contributed by atoms with van der Waals surface area (Å²) >= 11 is 0. The normalized spacial score (nSPS) is 15.3. The van der Waals surface area contributed by atoms with Gasteiger partial charge in [-0.05, 0) is 12.5 Å². The van der Waals surface area contributed by atoms with Crippen LogP contribution in [0.3, 0.4) is 0 Å². The van der Waals surface area contributed by atoms with Gasteiger partial charge in [0.1, 0.15) is 18.1 Å². The van der Waals surface area contributed by atoms with E-state index in [2.05, 4.69) is 16.0 Å². The van der Waals surface area contributed by atoms with Crippen molar-refractivity contribution in [3.05, 3.63) is 35.9 Å². The Balaban J connectivity index is 3.12. The highest BCUT2D eigenvalue weighted by Gasteiger charge is 2.32. The van der Waals surface area contributed by atoms with Crippen LogP contribution in [0.15, 0.2) is 30.3 Å². The number of carboxylic acid groups (broad SMARTS) is 2. The Hall–Kier alpha value is -3.55. The van der Waals surface area contributed by atoms with Gasteiger partial charge in [-0.2, -0.15) is 0 Å². The van der Waals surface area contributed by atoms with E-state index in [9.17, 15) is 34.2 Å². The molecule has 1 aromatic carbocycles. The fraction of sp³-hybridized carbons (Fsp3) is 0.450. The second kappa shape index (κ2) is 13.1. The molecule has 0 saturated carbocycles. The van der Waals surface area contributed by atoms with Crippen LogP contribution in [0.4, 0.5) is 0 Å². The zero-order valence-corrected chi connectivity index (χ0v) is 17.8. The zero-order valence-electron chi connectivity index (χ0n) is 17.8. The molecule has 182 valence electrons. The molecule has 5 unspecified atom stereocenters. The monoisotopic (exact) mass is 468 g/mol. The zero-order chi connectivity index (χ0) is 25.1. The Morgan fingerprint density at radius 1 is 0.909 bits per heavy atom. The van der Waals surface area contributed by atoms with Crippen LogP contribution in [0, 0.1) is 0 Å². The van der Waals surface area contributed by atoms with Crippen LogP contribution in [-0.4, -0.2) is 87.0 Å². The number of carboxylic acids is 2. The number of benzene rings is 1. The first-order chi connectivity index (χ1) is 15.5. The number of amides is 3. The number of carbonyl (C=O) groups excluding carboxylic acids is 3. The van der Waals surface area contributed by atoms with Gasteiger partial charge in [-0.25, -0.2) is 4.79 Å². The minimum Gasteiger partial charge on any atom is -0.481 e. The predicted octanol–water partition coefficient (Wildman–Crippen LogP) is -3.06. The molecule has 0 radical (unpaired) electrons. The maximum Gasteiger partial charge on any atom is 0.328 e. The number of nitrogens with two attached hydrogens (primary N) is 1. The highest BCUT2D eigenvalue weighted by atomic mass is 16.4. The van der Waals surface area contributed by atoms with E-state index >= 15 is 0 Å². The van der Waals surface area contributed by atoms with Crippen molar-refractivity contribution in [3.63, 3.8) is 0 Å². The summed E-state index contributed by atoms with van der Waals surface area (Å²) in [7, 11) is 0. The molecule has 5 atom stereocenters. The van der Waals surface area contributed by atoms with Gasteiger partial charge >= 0.3 is 11.9 Å². The highest BCUT2D eigenvalue weighted by molar-refractivity contribution is 5.95. The van der Waals surface area contributed by atoms with Crippen LogP contribution >= 0.6 is 0 Å². The lowest BCUT2D eigenvalue weighted by Gasteiger charge is -2.25. The second-order valence-electron chi connectivity index (χ2n) is 7.26. The standard InChI is InChI=1S/C20H28N4O9/c1-10(26)16(20(32)33)24-19(31)13(7-11-5-3-2-4-6-11)23-18(30)14(8-15(27)28)22-17(29)12(21)9-25/h2-6,10,12-14,16,25-26H,7-9,21H2,1H3,(H,22,29)(H,23,30)(H,24,31)(H,27,28)(H,32,33). The first-order valence-corrected chi connectivity index (χ1v) is 9.90. The van der Waals surface area contributed by atoms with E-state index in [0.29, 0.717) is 5.56 Å². The Labute approximate surface area is 189 Å². The van der Waals surface area contributed by atoms with Crippen molar-refractivity contribution in [3.8, 4) is 0 Å². The lowest BCUT2D eigenvalue weighted by molar-refractivity contribution is -0.145. The number of aliphatic hydroxyl groups excluding tert-OH is 2. The largest absolute Gasteiger partial charge is 0.481 e. The molecule has 13 heteroatoms. The van der Waals surface area contributed by atoms with Crippen molar-refractivity contribution in [1.29, 1.82) is 0 Å². The number of aliphatic hydroxyl groups is 2. The Morgan fingerprint density at radius 3 is 1.94 bits per heavy atom. The second-order valence-corrected chi connectivity index (χ2v) is 7.26. The average molecular weight is 468 g/mol. The predicted molar refractivity (Wildman–Crippen MR) is 113 cm³/mol. The number of hydrogen-bond acceptors (Lipinski definition) is 8. The van der Waals surface area contributed by atoms with E-state index in [1.54, 1.807) is 30.3 Å². The summed E-state index contributed by atoms with van der Waals surface area (Å²) in [6.45, 7) is 0.412. The van der Waals surface area contributed by atoms with Gasteiger partial charge in [-0.1, -0.05) is 30.3 Å². The van der Waals surface area contributed by atoms with Gasteiger partial charge in [0.2, 0.25) is 17.7 Å². The molecule has 9 N–H and O–H groups in total. The number of rotatable bonds is 13. The molecular formula is C20H28N4O9. The SMILES string of the molecule is CC(O)C(NC(=O)C(Cc1ccccc1)NC(=O)C(CC(=O)O)NC(=O)C(N)CO)C(=O)O. The van der Waals surface area contributed by atoms with E-state index in [4.69, 9.17) is 15.9 Å². The van der Waals surface area contributed by atoms with E-state index in [-0.39, 0.29) is 6.42 Å². The van der Waals surface area contributed by atoms with Gasteiger partial charge in [-0.15, -0.1) is 0 Å². The van der Waals surface area contributed by atoms with Crippen LogP contribution in [0.25, 0.3) is 0 Å². The number of hydrogen-bond donors (Lipinski definition) is 8. The van der Waals surface area contributed by atoms with E-state index < -0.39 is 73.0 Å². The molecule has 13 nitrogen and oxygen atoms in total. The average Bonchev–Trinajstić information content (AvgIpc) is 2.75. The summed E-state index contributed by atoms with van der Waals surface area (Å²) in [6, 6.07) is 2.28. The molecule has 0 aliphatic carbocycles. The first kappa shape index (κ1) is 27.5. The van der Waals surface area contributed by atoms with Gasteiger partial charge in [0.25, 0.3) is 0 Å². The molecule has 3 amide bonds. The number of carbonyl (C=O) groups is 5. The molecule has 0 aromatic heterocycles. The lowest BCUT2D eigenvalue weighted by atomic mass is 10.0. The van der Waals surface area contributed by atoms with Crippen molar-refractivity contribution >= 4 is 29.7 Å². The Morgan fingerprint density at radius 2 is 1.45 bits per heavy atom. The summed E-state index contributed by atoms with van der Waals surface area (Å²) in [5.74, 6) is -5.92. The van der Waals surface area contributed by atoms with Crippen LogP contribution < -0.4 is 21.7 Å². The van der Waals surface area contributed by atoms with Gasteiger partial charge in [-0.3, -0.25) is 19.2 Å². The molecule has 0 spiro atoms. The molecule has 1 rings (SSSR count). The molecule has 33 heavy (non-hydrogen) atoms. The quantitative estimate of drug-likeness (QED) is 0.146. The molecule has 0 saturated heterocycles. The molecule has 0 aliphatic rings. The molecule has 1 aromatic rings. The Bertz CT molecular complexity index is 847. The molecule has 0 heterocycles. The molecule has 0 fully saturated rings. The van der Waals surface area contributed by atoms with Crippen molar-refractivity contribution in [2.24, 2.45) is 5.73 Å². The summed E-state index contributed by atoms with van der Waals surface area (Å²) in [5.41, 5.74) is 5.96. The van der Waals surface area contributed by atoms with Crippen molar-refractivity contribution < 1.29 is 44.4 Å². The van der Waals surface area contributed by atoms with Gasteiger partial charge < -0.3 is 42.1 Å².